The first-order valence-electron chi connectivity index (χ1n) is 8.92. The molecule has 1 saturated heterocycles. The quantitative estimate of drug-likeness (QED) is 0.842. The van der Waals surface area contributed by atoms with Crippen molar-refractivity contribution in [3.63, 3.8) is 0 Å². The molecule has 1 aliphatic heterocycles. The van der Waals surface area contributed by atoms with Crippen molar-refractivity contribution in [2.24, 2.45) is 0 Å². The van der Waals surface area contributed by atoms with Crippen LogP contribution in [0.2, 0.25) is 0 Å². The third-order valence-corrected chi connectivity index (χ3v) is 5.34. The van der Waals surface area contributed by atoms with E-state index in [-0.39, 0.29) is 0 Å². The van der Waals surface area contributed by atoms with E-state index in [9.17, 15) is 0 Å². The van der Waals surface area contributed by atoms with E-state index < -0.39 is 0 Å². The van der Waals surface area contributed by atoms with E-state index in [0.29, 0.717) is 6.04 Å². The largest absolute Gasteiger partial charge is 0.298 e. The van der Waals surface area contributed by atoms with E-state index in [4.69, 9.17) is 0 Å². The van der Waals surface area contributed by atoms with Gasteiger partial charge in [-0.25, -0.2) is 0 Å². The molecule has 0 bridgehead atoms. The van der Waals surface area contributed by atoms with Gasteiger partial charge in [0.2, 0.25) is 0 Å². The van der Waals surface area contributed by atoms with Crippen LogP contribution in [0.4, 0.5) is 0 Å². The summed E-state index contributed by atoms with van der Waals surface area (Å²) in [6.07, 6.45) is 2.84. The summed E-state index contributed by atoms with van der Waals surface area (Å²) in [5, 5.41) is 0. The van der Waals surface area contributed by atoms with Gasteiger partial charge in [-0.05, 0) is 36.5 Å². The Hall–Kier alpha value is -1.64. The summed E-state index contributed by atoms with van der Waals surface area (Å²) >= 11 is 0. The number of nitrogens with zero attached hydrogens (tertiary/aromatic N) is 2. The highest BCUT2D eigenvalue weighted by atomic mass is 15.3. The fourth-order valence-electron chi connectivity index (χ4n) is 3.81. The zero-order valence-corrected chi connectivity index (χ0v) is 14.0. The van der Waals surface area contributed by atoms with Gasteiger partial charge in [-0.3, -0.25) is 9.80 Å². The van der Waals surface area contributed by atoms with Crippen molar-refractivity contribution in [3.8, 4) is 11.1 Å². The van der Waals surface area contributed by atoms with Gasteiger partial charge in [-0.15, -0.1) is 0 Å². The van der Waals surface area contributed by atoms with E-state index in [1.165, 1.54) is 49.2 Å². The fraction of sp³-hybridized carbons (Fsp3) is 0.429. The minimum Gasteiger partial charge on any atom is -0.298 e. The molecule has 2 aromatic carbocycles. The Labute approximate surface area is 139 Å². The molecule has 4 rings (SSSR count). The Morgan fingerprint density at radius 1 is 0.913 bits per heavy atom. The first-order chi connectivity index (χ1) is 11.3. The lowest BCUT2D eigenvalue weighted by Gasteiger charge is -2.40. The van der Waals surface area contributed by atoms with Crippen LogP contribution >= 0.6 is 0 Å². The maximum absolute atomic E-state index is 2.70. The molecule has 0 radical (unpaired) electrons. The highest BCUT2D eigenvalue weighted by molar-refractivity contribution is 5.67. The van der Waals surface area contributed by atoms with Crippen molar-refractivity contribution in [1.82, 2.24) is 9.80 Å². The number of hydrogen-bond acceptors (Lipinski definition) is 2. The molecule has 2 nitrogen and oxygen atoms in total. The lowest BCUT2D eigenvalue weighted by molar-refractivity contribution is 0.0731. The Kier molecular flexibility index (Phi) is 4.19. The minimum absolute atomic E-state index is 0.646. The van der Waals surface area contributed by atoms with Crippen LogP contribution in [0.1, 0.15) is 25.3 Å². The SMILES string of the molecule is CC1CN(C2CC2)CCN1Cc1ccccc1-c1ccccc1. The Balaban J connectivity index is 1.51. The second kappa shape index (κ2) is 6.46. The molecule has 1 saturated carbocycles. The molecule has 0 amide bonds. The highest BCUT2D eigenvalue weighted by Crippen LogP contribution is 2.30. The van der Waals surface area contributed by atoms with E-state index in [1.54, 1.807) is 0 Å². The van der Waals surface area contributed by atoms with Crippen LogP contribution in [0.25, 0.3) is 11.1 Å². The smallest absolute Gasteiger partial charge is 0.0243 e. The Morgan fingerprint density at radius 2 is 1.65 bits per heavy atom. The molecule has 0 N–H and O–H groups in total. The standard InChI is InChI=1S/C21H26N2/c1-17-15-23(20-11-12-20)14-13-22(17)16-19-9-5-6-10-21(19)18-7-3-2-4-8-18/h2-10,17,20H,11-16H2,1H3. The van der Waals surface area contributed by atoms with Crippen LogP contribution in [-0.2, 0) is 6.54 Å². The van der Waals surface area contributed by atoms with Crippen molar-refractivity contribution in [2.75, 3.05) is 19.6 Å². The molecule has 1 unspecified atom stereocenters. The first-order valence-corrected chi connectivity index (χ1v) is 8.92. The van der Waals surface area contributed by atoms with Crippen LogP contribution in [0.15, 0.2) is 54.6 Å². The molecule has 1 aliphatic carbocycles. The number of benzene rings is 2. The molecule has 1 heterocycles. The summed E-state index contributed by atoms with van der Waals surface area (Å²) < 4.78 is 0. The summed E-state index contributed by atoms with van der Waals surface area (Å²) in [5.41, 5.74) is 4.16. The zero-order chi connectivity index (χ0) is 15.6. The zero-order valence-electron chi connectivity index (χ0n) is 14.0. The number of hydrogen-bond donors (Lipinski definition) is 0. The maximum atomic E-state index is 2.70. The van der Waals surface area contributed by atoms with Gasteiger partial charge < -0.3 is 0 Å². The van der Waals surface area contributed by atoms with Gasteiger partial charge in [0.05, 0.1) is 0 Å². The summed E-state index contributed by atoms with van der Waals surface area (Å²) in [5.74, 6) is 0. The third-order valence-electron chi connectivity index (χ3n) is 5.34. The van der Waals surface area contributed by atoms with Crippen molar-refractivity contribution in [3.05, 3.63) is 60.2 Å². The van der Waals surface area contributed by atoms with Crippen LogP contribution in [0.3, 0.4) is 0 Å². The normalized spacial score (nSPS) is 23.1. The summed E-state index contributed by atoms with van der Waals surface area (Å²) in [6.45, 7) is 7.12. The average molecular weight is 306 g/mol. The molecule has 2 aromatic rings. The fourth-order valence-corrected chi connectivity index (χ4v) is 3.81. The minimum atomic E-state index is 0.646. The van der Waals surface area contributed by atoms with Crippen LogP contribution in [0.5, 0.6) is 0 Å². The van der Waals surface area contributed by atoms with Gasteiger partial charge in [0.1, 0.15) is 0 Å². The average Bonchev–Trinajstić information content (AvgIpc) is 3.43. The molecule has 1 atom stereocenters. The Bertz CT molecular complexity index is 648. The van der Waals surface area contributed by atoms with Gasteiger partial charge >= 0.3 is 0 Å². The van der Waals surface area contributed by atoms with E-state index in [1.807, 2.05) is 0 Å². The lowest BCUT2D eigenvalue weighted by atomic mass is 9.98. The monoisotopic (exact) mass is 306 g/mol. The third kappa shape index (κ3) is 3.34. The van der Waals surface area contributed by atoms with Gasteiger partial charge in [0.25, 0.3) is 0 Å². The number of piperazine rings is 1. The Morgan fingerprint density at radius 3 is 2.39 bits per heavy atom. The molecular weight excluding hydrogens is 280 g/mol. The van der Waals surface area contributed by atoms with Crippen LogP contribution in [-0.4, -0.2) is 41.5 Å². The van der Waals surface area contributed by atoms with Crippen molar-refractivity contribution >= 4 is 0 Å². The molecule has 2 heteroatoms. The van der Waals surface area contributed by atoms with E-state index >= 15 is 0 Å². The van der Waals surface area contributed by atoms with Crippen molar-refractivity contribution < 1.29 is 0 Å². The van der Waals surface area contributed by atoms with Crippen LogP contribution in [0, 0.1) is 0 Å². The molecular formula is C21H26N2. The van der Waals surface area contributed by atoms with Crippen LogP contribution < -0.4 is 0 Å². The van der Waals surface area contributed by atoms with Gasteiger partial charge in [0.15, 0.2) is 0 Å². The molecule has 2 fully saturated rings. The predicted molar refractivity (Wildman–Crippen MR) is 96.3 cm³/mol. The molecule has 2 aliphatic rings. The van der Waals surface area contributed by atoms with Crippen molar-refractivity contribution in [2.45, 2.75) is 38.4 Å². The van der Waals surface area contributed by atoms with Gasteiger partial charge in [0, 0.05) is 38.3 Å². The molecule has 0 spiro atoms. The summed E-state index contributed by atoms with van der Waals surface area (Å²) in [6, 6.07) is 21.2. The molecule has 120 valence electrons. The summed E-state index contributed by atoms with van der Waals surface area (Å²) in [7, 11) is 0. The molecule has 23 heavy (non-hydrogen) atoms. The van der Waals surface area contributed by atoms with E-state index in [0.717, 1.165) is 12.6 Å². The first kappa shape index (κ1) is 14.9. The highest BCUT2D eigenvalue weighted by Gasteiger charge is 2.33. The van der Waals surface area contributed by atoms with E-state index in [2.05, 4.69) is 71.3 Å². The summed E-state index contributed by atoms with van der Waals surface area (Å²) in [4.78, 5) is 5.35. The van der Waals surface area contributed by atoms with Crippen molar-refractivity contribution in [1.29, 1.82) is 0 Å². The van der Waals surface area contributed by atoms with Gasteiger partial charge in [-0.2, -0.15) is 0 Å². The maximum Gasteiger partial charge on any atom is 0.0243 e. The second-order valence-electron chi connectivity index (χ2n) is 7.07. The van der Waals surface area contributed by atoms with Gasteiger partial charge in [-0.1, -0.05) is 54.6 Å². The molecule has 0 aromatic heterocycles. The number of rotatable bonds is 4. The second-order valence-corrected chi connectivity index (χ2v) is 7.07. The topological polar surface area (TPSA) is 6.48 Å². The predicted octanol–water partition coefficient (Wildman–Crippen LogP) is 4.02. The lowest BCUT2D eigenvalue weighted by Crippen LogP contribution is -2.51.